The molecule has 3 N–H and O–H groups in total. The van der Waals surface area contributed by atoms with Gasteiger partial charge in [0.15, 0.2) is 0 Å². The van der Waals surface area contributed by atoms with E-state index >= 15 is 0 Å². The fraction of sp³-hybridized carbons (Fsp3) is 0.769. The lowest BCUT2D eigenvalue weighted by atomic mass is 10.0. The van der Waals surface area contributed by atoms with Gasteiger partial charge in [0.05, 0.1) is 0 Å². The first-order chi connectivity index (χ1) is 8.84. The highest BCUT2D eigenvalue weighted by atomic mass is 16.2. The maximum atomic E-state index is 12.3. The lowest BCUT2D eigenvalue weighted by molar-refractivity contribution is -0.143. The number of nitrogens with one attached hydrogen (secondary N) is 1. The Bertz CT molecular complexity index is 368. The molecular formula is C13H23N3O3. The second kappa shape index (κ2) is 6.54. The zero-order valence-corrected chi connectivity index (χ0v) is 11.8. The van der Waals surface area contributed by atoms with Gasteiger partial charge in [0.25, 0.3) is 0 Å². The van der Waals surface area contributed by atoms with Gasteiger partial charge in [-0.25, -0.2) is 0 Å². The summed E-state index contributed by atoms with van der Waals surface area (Å²) in [6.07, 6.45) is 2.36. The highest BCUT2D eigenvalue weighted by molar-refractivity contribution is 5.91. The van der Waals surface area contributed by atoms with Crippen LogP contribution in [0.5, 0.6) is 0 Å². The van der Waals surface area contributed by atoms with Crippen molar-refractivity contribution >= 4 is 17.7 Å². The third-order valence-electron chi connectivity index (χ3n) is 3.37. The summed E-state index contributed by atoms with van der Waals surface area (Å²) in [5, 5.41) is 2.65. The molecule has 0 spiro atoms. The van der Waals surface area contributed by atoms with Crippen molar-refractivity contribution in [2.24, 2.45) is 11.7 Å². The van der Waals surface area contributed by atoms with E-state index in [2.05, 4.69) is 5.32 Å². The van der Waals surface area contributed by atoms with Gasteiger partial charge < -0.3 is 16.0 Å². The molecule has 1 fully saturated rings. The van der Waals surface area contributed by atoms with Crippen molar-refractivity contribution in [1.29, 1.82) is 0 Å². The fourth-order valence-electron chi connectivity index (χ4n) is 2.18. The van der Waals surface area contributed by atoms with Crippen LogP contribution >= 0.6 is 0 Å². The molecule has 0 aromatic heterocycles. The minimum absolute atomic E-state index is 0.173. The molecule has 6 heteroatoms. The van der Waals surface area contributed by atoms with Crippen LogP contribution < -0.4 is 11.1 Å². The monoisotopic (exact) mass is 269 g/mol. The summed E-state index contributed by atoms with van der Waals surface area (Å²) in [6, 6.07) is -1.17. The van der Waals surface area contributed by atoms with E-state index in [0.29, 0.717) is 13.0 Å². The Hall–Kier alpha value is -1.59. The Balaban J connectivity index is 2.68. The molecule has 108 valence electrons. The molecular weight excluding hydrogens is 246 g/mol. The van der Waals surface area contributed by atoms with Crippen LogP contribution in [-0.4, -0.2) is 41.2 Å². The summed E-state index contributed by atoms with van der Waals surface area (Å²) in [5.41, 5.74) is 5.32. The van der Waals surface area contributed by atoms with E-state index in [0.717, 1.165) is 12.8 Å². The number of primary amides is 1. The Morgan fingerprint density at radius 3 is 2.37 bits per heavy atom. The zero-order chi connectivity index (χ0) is 14.6. The number of carbonyl (C=O) groups excluding carboxylic acids is 3. The Morgan fingerprint density at radius 1 is 1.21 bits per heavy atom. The maximum absolute atomic E-state index is 12.3. The van der Waals surface area contributed by atoms with E-state index in [-0.39, 0.29) is 17.7 Å². The van der Waals surface area contributed by atoms with Gasteiger partial charge in [-0.05, 0) is 26.2 Å². The Kier molecular flexibility index (Phi) is 5.32. The van der Waals surface area contributed by atoms with Gasteiger partial charge in [0.1, 0.15) is 12.1 Å². The van der Waals surface area contributed by atoms with Crippen LogP contribution in [0.1, 0.15) is 40.0 Å². The van der Waals surface area contributed by atoms with Crippen LogP contribution in [0.15, 0.2) is 0 Å². The van der Waals surface area contributed by atoms with Crippen LogP contribution in [0.4, 0.5) is 0 Å². The second-order valence-corrected chi connectivity index (χ2v) is 5.33. The molecule has 19 heavy (non-hydrogen) atoms. The molecule has 1 rings (SSSR count). The number of hydrogen-bond donors (Lipinski definition) is 2. The Morgan fingerprint density at radius 2 is 1.84 bits per heavy atom. The fourth-order valence-corrected chi connectivity index (χ4v) is 2.18. The van der Waals surface area contributed by atoms with Gasteiger partial charge in [0, 0.05) is 12.5 Å². The van der Waals surface area contributed by atoms with Gasteiger partial charge in [0.2, 0.25) is 17.7 Å². The summed E-state index contributed by atoms with van der Waals surface area (Å²) in [6.45, 7) is 5.68. The molecule has 3 amide bonds. The maximum Gasteiger partial charge on any atom is 0.245 e. The summed E-state index contributed by atoms with van der Waals surface area (Å²) in [7, 11) is 0. The third kappa shape index (κ3) is 3.94. The smallest absolute Gasteiger partial charge is 0.245 e. The van der Waals surface area contributed by atoms with Crippen LogP contribution in [0.2, 0.25) is 0 Å². The first-order valence-corrected chi connectivity index (χ1v) is 6.74. The normalized spacial score (nSPS) is 21.1. The van der Waals surface area contributed by atoms with Crippen molar-refractivity contribution in [3.05, 3.63) is 0 Å². The average Bonchev–Trinajstić information content (AvgIpc) is 2.37. The van der Waals surface area contributed by atoms with Crippen molar-refractivity contribution in [3.8, 4) is 0 Å². The van der Waals surface area contributed by atoms with Gasteiger partial charge in [-0.1, -0.05) is 13.8 Å². The highest BCUT2D eigenvalue weighted by Crippen LogP contribution is 2.17. The van der Waals surface area contributed by atoms with Crippen molar-refractivity contribution in [1.82, 2.24) is 10.2 Å². The molecule has 0 aliphatic carbocycles. The van der Waals surface area contributed by atoms with E-state index in [1.165, 1.54) is 4.90 Å². The van der Waals surface area contributed by atoms with Gasteiger partial charge in [-0.15, -0.1) is 0 Å². The van der Waals surface area contributed by atoms with Crippen LogP contribution in [0, 0.1) is 5.92 Å². The predicted molar refractivity (Wildman–Crippen MR) is 71.0 cm³/mol. The minimum Gasteiger partial charge on any atom is -0.368 e. The van der Waals surface area contributed by atoms with Gasteiger partial charge in [-0.3, -0.25) is 14.4 Å². The second-order valence-electron chi connectivity index (χ2n) is 5.33. The molecule has 1 aliphatic rings. The van der Waals surface area contributed by atoms with Gasteiger partial charge >= 0.3 is 0 Å². The zero-order valence-electron chi connectivity index (χ0n) is 11.8. The van der Waals surface area contributed by atoms with Crippen molar-refractivity contribution < 1.29 is 14.4 Å². The van der Waals surface area contributed by atoms with Crippen molar-refractivity contribution in [2.75, 3.05) is 6.54 Å². The number of rotatable bonds is 4. The summed E-state index contributed by atoms with van der Waals surface area (Å²) >= 11 is 0. The minimum atomic E-state index is -0.630. The first kappa shape index (κ1) is 15.5. The quantitative estimate of drug-likeness (QED) is 0.753. The Labute approximate surface area is 113 Å². The lowest BCUT2D eigenvalue weighted by Crippen LogP contribution is -2.56. The van der Waals surface area contributed by atoms with E-state index in [4.69, 9.17) is 5.73 Å². The van der Waals surface area contributed by atoms with Crippen LogP contribution in [0.25, 0.3) is 0 Å². The molecule has 1 saturated heterocycles. The van der Waals surface area contributed by atoms with Crippen molar-refractivity contribution in [3.63, 3.8) is 0 Å². The van der Waals surface area contributed by atoms with Crippen molar-refractivity contribution in [2.45, 2.75) is 52.1 Å². The molecule has 0 aromatic rings. The highest BCUT2D eigenvalue weighted by Gasteiger charge is 2.33. The molecule has 1 heterocycles. The van der Waals surface area contributed by atoms with E-state index in [1.807, 2.05) is 0 Å². The molecule has 0 radical (unpaired) electrons. The molecule has 0 bridgehead atoms. The molecule has 2 atom stereocenters. The topological polar surface area (TPSA) is 92.5 Å². The number of carbonyl (C=O) groups is 3. The first-order valence-electron chi connectivity index (χ1n) is 6.74. The van der Waals surface area contributed by atoms with Gasteiger partial charge in [-0.2, -0.15) is 0 Å². The van der Waals surface area contributed by atoms with Crippen LogP contribution in [0.3, 0.4) is 0 Å². The van der Waals surface area contributed by atoms with E-state index in [1.54, 1.807) is 20.8 Å². The third-order valence-corrected chi connectivity index (χ3v) is 3.37. The summed E-state index contributed by atoms with van der Waals surface area (Å²) in [5.74, 6) is -1.06. The summed E-state index contributed by atoms with van der Waals surface area (Å²) in [4.78, 5) is 36.7. The number of nitrogens with two attached hydrogens (primary N) is 1. The molecule has 0 unspecified atom stereocenters. The van der Waals surface area contributed by atoms with E-state index < -0.39 is 18.0 Å². The summed E-state index contributed by atoms with van der Waals surface area (Å²) < 4.78 is 0. The van der Waals surface area contributed by atoms with E-state index in [9.17, 15) is 14.4 Å². The molecule has 0 aromatic carbocycles. The SMILES string of the molecule is CC(C)C(=O)N[C@@H](C)C(=O)N1CCCC[C@H]1C(N)=O. The predicted octanol–water partition coefficient (Wildman–Crippen LogP) is 0.0135. The number of amides is 3. The molecule has 6 nitrogen and oxygen atoms in total. The molecule has 0 saturated carbocycles. The molecule has 1 aliphatic heterocycles. The average molecular weight is 269 g/mol. The largest absolute Gasteiger partial charge is 0.368 e. The number of piperidine rings is 1. The number of nitrogens with zero attached hydrogens (tertiary/aromatic N) is 1. The number of likely N-dealkylation sites (tertiary alicyclic amines) is 1. The number of hydrogen-bond acceptors (Lipinski definition) is 3. The van der Waals surface area contributed by atoms with Crippen LogP contribution in [-0.2, 0) is 14.4 Å². The standard InChI is InChI=1S/C13H23N3O3/c1-8(2)12(18)15-9(3)13(19)16-7-5-4-6-10(16)11(14)17/h8-10H,4-7H2,1-3H3,(H2,14,17)(H,15,18)/t9-,10-/m0/s1. The lowest BCUT2D eigenvalue weighted by Gasteiger charge is -2.35.